The molecule has 3 N–H and O–H groups in total. The molecule has 1 saturated heterocycles. The number of aliphatic hydroxyl groups is 1. The molecule has 0 bridgehead atoms. The first kappa shape index (κ1) is 17.8. The number of hydrogen-bond acceptors (Lipinski definition) is 6. The predicted octanol–water partition coefficient (Wildman–Crippen LogP) is 0.224. The van der Waals surface area contributed by atoms with Gasteiger partial charge in [-0.2, -0.15) is 0 Å². The van der Waals surface area contributed by atoms with Crippen molar-refractivity contribution in [3.05, 3.63) is 0 Å². The fourth-order valence-corrected chi connectivity index (χ4v) is 2.18. The average Bonchev–Trinajstić information content (AvgIpc) is 2.43. The molecule has 8 heteroatoms. The van der Waals surface area contributed by atoms with E-state index in [1.54, 1.807) is 0 Å². The Balaban J connectivity index is 2.25. The highest BCUT2D eigenvalue weighted by molar-refractivity contribution is 5.73. The summed E-state index contributed by atoms with van der Waals surface area (Å²) in [7, 11) is 1.34. The third kappa shape index (κ3) is 5.96. The maximum atomic E-state index is 11.0. The van der Waals surface area contributed by atoms with Crippen LogP contribution < -0.4 is 0 Å². The van der Waals surface area contributed by atoms with Crippen LogP contribution in [0.3, 0.4) is 0 Å². The van der Waals surface area contributed by atoms with Gasteiger partial charge in [-0.15, -0.1) is 0 Å². The summed E-state index contributed by atoms with van der Waals surface area (Å²) in [5.74, 6) is -2.16. The van der Waals surface area contributed by atoms with Crippen LogP contribution >= 0.6 is 0 Å². The van der Waals surface area contributed by atoms with Gasteiger partial charge in [-0.3, -0.25) is 0 Å². The smallest absolute Gasteiger partial charge is 0.335 e. The number of carboxylic acid groups (broad SMARTS) is 2. The van der Waals surface area contributed by atoms with E-state index in [-0.39, 0.29) is 0 Å². The normalized spacial score (nSPS) is 27.2. The van der Waals surface area contributed by atoms with Crippen molar-refractivity contribution in [3.8, 4) is 0 Å². The molecule has 0 aromatic heterocycles. The molecule has 2 unspecified atom stereocenters. The first-order valence-electron chi connectivity index (χ1n) is 6.89. The lowest BCUT2D eigenvalue weighted by molar-refractivity contribution is -0.219. The molecule has 0 saturated carbocycles. The zero-order valence-electron chi connectivity index (χ0n) is 11.9. The first-order chi connectivity index (χ1) is 9.95. The van der Waals surface area contributed by atoms with E-state index >= 15 is 0 Å². The zero-order chi connectivity index (χ0) is 15.8. The Bertz CT molecular complexity index is 345. The van der Waals surface area contributed by atoms with Crippen LogP contribution in [0.1, 0.15) is 32.1 Å². The van der Waals surface area contributed by atoms with Gasteiger partial charge in [-0.25, -0.2) is 9.59 Å². The molecule has 122 valence electrons. The number of rotatable bonds is 9. The van der Waals surface area contributed by atoms with Gasteiger partial charge < -0.3 is 29.5 Å². The molecular formula is C13H22O8. The minimum Gasteiger partial charge on any atom is -0.479 e. The molecule has 0 radical (unpaired) electrons. The molecule has 8 nitrogen and oxygen atoms in total. The largest absolute Gasteiger partial charge is 0.479 e. The van der Waals surface area contributed by atoms with Crippen LogP contribution in [0.4, 0.5) is 0 Å². The fraction of sp³-hybridized carbons (Fsp3) is 0.846. The van der Waals surface area contributed by atoms with Gasteiger partial charge in [0.2, 0.25) is 0 Å². The van der Waals surface area contributed by atoms with Gasteiger partial charge in [0.05, 0.1) is 6.10 Å². The third-order valence-electron chi connectivity index (χ3n) is 3.34. The molecule has 0 spiro atoms. The van der Waals surface area contributed by atoms with Crippen LogP contribution in [0.5, 0.6) is 0 Å². The molecule has 1 aliphatic heterocycles. The Morgan fingerprint density at radius 1 is 1.29 bits per heavy atom. The van der Waals surface area contributed by atoms with Crippen LogP contribution in [0, 0.1) is 0 Å². The van der Waals surface area contributed by atoms with E-state index in [0.717, 1.165) is 0 Å². The molecule has 21 heavy (non-hydrogen) atoms. The Labute approximate surface area is 122 Å². The number of hydrogen-bond donors (Lipinski definition) is 3. The van der Waals surface area contributed by atoms with E-state index in [9.17, 15) is 14.7 Å². The zero-order valence-corrected chi connectivity index (χ0v) is 11.9. The summed E-state index contributed by atoms with van der Waals surface area (Å²) in [6, 6.07) is 0. The number of methoxy groups -OCH3 is 1. The Kier molecular flexibility index (Phi) is 7.58. The number of carbonyl (C=O) groups is 2. The highest BCUT2D eigenvalue weighted by Gasteiger charge is 2.36. The molecule has 0 aromatic rings. The Morgan fingerprint density at radius 3 is 2.57 bits per heavy atom. The van der Waals surface area contributed by atoms with Crippen LogP contribution in [0.25, 0.3) is 0 Å². The van der Waals surface area contributed by atoms with Gasteiger partial charge in [-0.1, -0.05) is 0 Å². The van der Waals surface area contributed by atoms with Crippen LogP contribution in [-0.2, 0) is 23.8 Å². The molecule has 0 aliphatic carbocycles. The fourth-order valence-electron chi connectivity index (χ4n) is 2.18. The molecule has 0 amide bonds. The van der Waals surface area contributed by atoms with Gasteiger partial charge in [0, 0.05) is 20.1 Å². The van der Waals surface area contributed by atoms with Gasteiger partial charge in [-0.05, 0) is 25.7 Å². The Morgan fingerprint density at radius 2 is 2.00 bits per heavy atom. The summed E-state index contributed by atoms with van der Waals surface area (Å²) in [5.41, 5.74) is 0. The lowest BCUT2D eigenvalue weighted by Crippen LogP contribution is -2.45. The molecule has 4 atom stereocenters. The van der Waals surface area contributed by atoms with Gasteiger partial charge in [0.15, 0.2) is 18.5 Å². The quantitative estimate of drug-likeness (QED) is 0.517. The SMILES string of the molecule is CO[C@@H](CCCCOC1CCC(O)O[C@@H]1C(=O)O)C(=O)O. The second kappa shape index (κ2) is 8.93. The lowest BCUT2D eigenvalue weighted by Gasteiger charge is -2.31. The van der Waals surface area contributed by atoms with Gasteiger partial charge in [0.1, 0.15) is 0 Å². The summed E-state index contributed by atoms with van der Waals surface area (Å²) in [6.07, 6.45) is -1.35. The Hall–Kier alpha value is -1.22. The highest BCUT2D eigenvalue weighted by atomic mass is 16.6. The lowest BCUT2D eigenvalue weighted by atomic mass is 10.0. The molecule has 1 rings (SSSR count). The second-order valence-corrected chi connectivity index (χ2v) is 4.89. The standard InChI is InChI=1S/C13H22O8/c1-19-9(12(15)16)4-2-3-7-20-8-5-6-10(14)21-11(8)13(17)18/h8-11,14H,2-7H2,1H3,(H,15,16)(H,17,18)/t8?,9-,10?,11-/m0/s1. The maximum absolute atomic E-state index is 11.0. The minimum atomic E-state index is -1.17. The van der Waals surface area contributed by atoms with Crippen molar-refractivity contribution in [1.82, 2.24) is 0 Å². The molecule has 1 aliphatic rings. The minimum absolute atomic E-state index is 0.309. The first-order valence-corrected chi connectivity index (χ1v) is 6.89. The number of carboxylic acids is 2. The van der Waals surface area contributed by atoms with Crippen molar-refractivity contribution < 1.29 is 39.1 Å². The summed E-state index contributed by atoms with van der Waals surface area (Å²) in [5, 5.41) is 27.1. The summed E-state index contributed by atoms with van der Waals surface area (Å²) >= 11 is 0. The number of ether oxygens (including phenoxy) is 3. The summed E-state index contributed by atoms with van der Waals surface area (Å²) < 4.78 is 15.2. The van der Waals surface area contributed by atoms with Crippen molar-refractivity contribution in [1.29, 1.82) is 0 Å². The van der Waals surface area contributed by atoms with Crippen molar-refractivity contribution in [2.24, 2.45) is 0 Å². The third-order valence-corrected chi connectivity index (χ3v) is 3.34. The molecule has 0 aromatic carbocycles. The van der Waals surface area contributed by atoms with Crippen molar-refractivity contribution in [3.63, 3.8) is 0 Å². The molecule has 1 fully saturated rings. The van der Waals surface area contributed by atoms with E-state index in [2.05, 4.69) is 0 Å². The van der Waals surface area contributed by atoms with Crippen molar-refractivity contribution in [2.45, 2.75) is 56.7 Å². The summed E-state index contributed by atoms with van der Waals surface area (Å²) in [4.78, 5) is 21.7. The van der Waals surface area contributed by atoms with Crippen molar-refractivity contribution >= 4 is 11.9 Å². The van der Waals surface area contributed by atoms with E-state index in [0.29, 0.717) is 38.7 Å². The van der Waals surface area contributed by atoms with Crippen LogP contribution in [0.2, 0.25) is 0 Å². The topological polar surface area (TPSA) is 123 Å². The average molecular weight is 306 g/mol. The van der Waals surface area contributed by atoms with Crippen molar-refractivity contribution in [2.75, 3.05) is 13.7 Å². The van der Waals surface area contributed by atoms with Gasteiger partial charge >= 0.3 is 11.9 Å². The molecular weight excluding hydrogens is 284 g/mol. The predicted molar refractivity (Wildman–Crippen MR) is 69.8 cm³/mol. The monoisotopic (exact) mass is 306 g/mol. The van der Waals surface area contributed by atoms with E-state index in [4.69, 9.17) is 24.4 Å². The maximum Gasteiger partial charge on any atom is 0.335 e. The number of unbranched alkanes of at least 4 members (excludes halogenated alkanes) is 1. The number of aliphatic carboxylic acids is 2. The second-order valence-electron chi connectivity index (χ2n) is 4.89. The van der Waals surface area contributed by atoms with E-state index in [1.807, 2.05) is 0 Å². The van der Waals surface area contributed by atoms with Gasteiger partial charge in [0.25, 0.3) is 0 Å². The molecule has 1 heterocycles. The van der Waals surface area contributed by atoms with Crippen LogP contribution in [-0.4, -0.2) is 65.6 Å². The van der Waals surface area contributed by atoms with E-state index < -0.39 is 36.5 Å². The summed E-state index contributed by atoms with van der Waals surface area (Å²) in [6.45, 7) is 0.309. The van der Waals surface area contributed by atoms with Crippen LogP contribution in [0.15, 0.2) is 0 Å². The number of aliphatic hydroxyl groups excluding tert-OH is 1. The van der Waals surface area contributed by atoms with E-state index in [1.165, 1.54) is 7.11 Å². The highest BCUT2D eigenvalue weighted by Crippen LogP contribution is 2.21.